The second-order valence-electron chi connectivity index (χ2n) is 7.60. The standard InChI is InChI=1S/C19H22O3S/c1-19(2)11-7-13(19)15-14(8-11)23-17(16(15)18(21)22)12-6-4-3-5-10(12)9-20/h3-6,11,13,16-17,20H,7-9H2,1-2H3,(H,21,22). The van der Waals surface area contributed by atoms with Crippen molar-refractivity contribution in [2.24, 2.45) is 23.2 Å². The average molecular weight is 330 g/mol. The lowest BCUT2D eigenvalue weighted by molar-refractivity contribution is -0.141. The van der Waals surface area contributed by atoms with Crippen LogP contribution in [0.1, 0.15) is 43.1 Å². The van der Waals surface area contributed by atoms with Crippen LogP contribution in [0, 0.1) is 23.2 Å². The van der Waals surface area contributed by atoms with Crippen molar-refractivity contribution in [3.05, 3.63) is 45.9 Å². The Labute approximate surface area is 140 Å². The van der Waals surface area contributed by atoms with Crippen LogP contribution in [-0.2, 0) is 11.4 Å². The van der Waals surface area contributed by atoms with Crippen molar-refractivity contribution >= 4 is 17.7 Å². The molecule has 2 bridgehead atoms. The number of rotatable bonds is 3. The molecule has 23 heavy (non-hydrogen) atoms. The third-order valence-corrected chi connectivity index (χ3v) is 7.77. The summed E-state index contributed by atoms with van der Waals surface area (Å²) < 4.78 is 0. The van der Waals surface area contributed by atoms with E-state index in [1.807, 2.05) is 24.3 Å². The molecule has 2 N–H and O–H groups in total. The maximum absolute atomic E-state index is 12.1. The Morgan fingerprint density at radius 3 is 2.74 bits per heavy atom. The van der Waals surface area contributed by atoms with E-state index in [1.54, 1.807) is 11.8 Å². The van der Waals surface area contributed by atoms with E-state index in [0.717, 1.165) is 24.0 Å². The first-order valence-corrected chi connectivity index (χ1v) is 9.14. The summed E-state index contributed by atoms with van der Waals surface area (Å²) in [5.74, 6) is -0.0641. The minimum absolute atomic E-state index is 0.0399. The monoisotopic (exact) mass is 330 g/mol. The molecule has 1 aromatic carbocycles. The SMILES string of the molecule is CC1(C)C2CC3=C(C(C(=O)O)C(c4ccccc4CO)S3)C1C2. The smallest absolute Gasteiger partial charge is 0.312 e. The molecule has 122 valence electrons. The van der Waals surface area contributed by atoms with Crippen LogP contribution in [0.4, 0.5) is 0 Å². The number of aliphatic carboxylic acids is 1. The Morgan fingerprint density at radius 2 is 2.09 bits per heavy atom. The fourth-order valence-electron chi connectivity index (χ4n) is 4.78. The van der Waals surface area contributed by atoms with Crippen LogP contribution in [-0.4, -0.2) is 16.2 Å². The fraction of sp³-hybridized carbons (Fsp3) is 0.526. The van der Waals surface area contributed by atoms with Gasteiger partial charge in [-0.3, -0.25) is 4.79 Å². The van der Waals surface area contributed by atoms with E-state index < -0.39 is 11.9 Å². The number of aliphatic hydroxyl groups is 1. The second kappa shape index (κ2) is 5.12. The number of benzene rings is 1. The molecule has 0 saturated heterocycles. The number of hydrogen-bond donors (Lipinski definition) is 2. The highest BCUT2D eigenvalue weighted by Crippen LogP contribution is 2.69. The van der Waals surface area contributed by atoms with Crippen LogP contribution in [0.2, 0.25) is 0 Å². The summed E-state index contributed by atoms with van der Waals surface area (Å²) >= 11 is 1.74. The van der Waals surface area contributed by atoms with Gasteiger partial charge >= 0.3 is 5.97 Å². The normalized spacial score (nSPS) is 34.0. The predicted octanol–water partition coefficient (Wildman–Crippen LogP) is 3.99. The number of aliphatic hydroxyl groups excluding tert-OH is 1. The number of carboxylic acids is 1. The Balaban J connectivity index is 1.77. The van der Waals surface area contributed by atoms with Crippen LogP contribution in [0.3, 0.4) is 0 Å². The van der Waals surface area contributed by atoms with Gasteiger partial charge in [-0.1, -0.05) is 38.1 Å². The second-order valence-corrected chi connectivity index (χ2v) is 8.84. The summed E-state index contributed by atoms with van der Waals surface area (Å²) in [7, 11) is 0. The molecule has 4 heteroatoms. The minimum atomic E-state index is -0.721. The van der Waals surface area contributed by atoms with E-state index in [-0.39, 0.29) is 17.3 Å². The summed E-state index contributed by atoms with van der Waals surface area (Å²) in [4.78, 5) is 13.4. The lowest BCUT2D eigenvalue weighted by atomic mass is 9.47. The number of allylic oxidation sites excluding steroid dienone is 1. The third kappa shape index (κ3) is 2.04. The summed E-state index contributed by atoms with van der Waals surface area (Å²) in [5, 5.41) is 19.5. The molecule has 1 heterocycles. The average Bonchev–Trinajstić information content (AvgIpc) is 2.93. The molecule has 0 radical (unpaired) electrons. The van der Waals surface area contributed by atoms with Crippen LogP contribution in [0.15, 0.2) is 34.7 Å². The largest absolute Gasteiger partial charge is 0.481 e. The molecular weight excluding hydrogens is 308 g/mol. The number of hydrogen-bond acceptors (Lipinski definition) is 3. The molecule has 1 fully saturated rings. The third-order valence-electron chi connectivity index (χ3n) is 6.30. The molecule has 3 nitrogen and oxygen atoms in total. The summed E-state index contributed by atoms with van der Waals surface area (Å²) in [6.45, 7) is 4.53. The van der Waals surface area contributed by atoms with E-state index in [9.17, 15) is 15.0 Å². The molecule has 1 saturated carbocycles. The Hall–Kier alpha value is -1.26. The van der Waals surface area contributed by atoms with Gasteiger partial charge in [0.1, 0.15) is 0 Å². The molecule has 0 spiro atoms. The van der Waals surface area contributed by atoms with Gasteiger partial charge in [0.2, 0.25) is 0 Å². The van der Waals surface area contributed by atoms with Crippen LogP contribution in [0.25, 0.3) is 0 Å². The molecule has 0 aromatic heterocycles. The van der Waals surface area contributed by atoms with Gasteiger partial charge in [-0.25, -0.2) is 0 Å². The fourth-order valence-corrected chi connectivity index (χ4v) is 6.54. The Morgan fingerprint density at radius 1 is 1.35 bits per heavy atom. The predicted molar refractivity (Wildman–Crippen MR) is 90.8 cm³/mol. The topological polar surface area (TPSA) is 57.5 Å². The molecule has 4 unspecified atom stereocenters. The maximum atomic E-state index is 12.1. The van der Waals surface area contributed by atoms with Crippen molar-refractivity contribution in [1.82, 2.24) is 0 Å². The zero-order valence-electron chi connectivity index (χ0n) is 13.5. The van der Waals surface area contributed by atoms with Gasteiger partial charge in [0.25, 0.3) is 0 Å². The van der Waals surface area contributed by atoms with Gasteiger partial charge in [0.15, 0.2) is 0 Å². The molecular formula is C19H22O3S. The number of carboxylic acid groups (broad SMARTS) is 1. The minimum Gasteiger partial charge on any atom is -0.481 e. The Bertz CT molecular complexity index is 706. The van der Waals surface area contributed by atoms with Crippen molar-refractivity contribution < 1.29 is 15.0 Å². The van der Waals surface area contributed by atoms with E-state index >= 15 is 0 Å². The van der Waals surface area contributed by atoms with Crippen molar-refractivity contribution in [3.63, 3.8) is 0 Å². The van der Waals surface area contributed by atoms with E-state index in [1.165, 1.54) is 10.5 Å². The Kier molecular flexibility index (Phi) is 3.40. The van der Waals surface area contributed by atoms with Crippen molar-refractivity contribution in [1.29, 1.82) is 0 Å². The van der Waals surface area contributed by atoms with Crippen LogP contribution in [0.5, 0.6) is 0 Å². The lowest BCUT2D eigenvalue weighted by Crippen LogP contribution is -2.50. The van der Waals surface area contributed by atoms with Gasteiger partial charge < -0.3 is 10.2 Å². The molecule has 5 rings (SSSR count). The zero-order chi connectivity index (χ0) is 16.4. The molecule has 4 aliphatic rings. The van der Waals surface area contributed by atoms with Gasteiger partial charge in [0, 0.05) is 0 Å². The van der Waals surface area contributed by atoms with Crippen molar-refractivity contribution in [3.8, 4) is 0 Å². The summed E-state index contributed by atoms with van der Waals surface area (Å²) in [6.07, 6.45) is 2.18. The highest BCUT2D eigenvalue weighted by atomic mass is 32.2. The maximum Gasteiger partial charge on any atom is 0.312 e. The molecule has 1 aliphatic heterocycles. The lowest BCUT2D eigenvalue weighted by Gasteiger charge is -2.57. The summed E-state index contributed by atoms with van der Waals surface area (Å²) in [6, 6.07) is 7.72. The zero-order valence-corrected chi connectivity index (χ0v) is 14.3. The molecule has 4 atom stereocenters. The van der Waals surface area contributed by atoms with Gasteiger partial charge in [-0.2, -0.15) is 0 Å². The van der Waals surface area contributed by atoms with Crippen molar-refractivity contribution in [2.45, 2.75) is 38.5 Å². The first-order valence-electron chi connectivity index (χ1n) is 8.26. The molecule has 3 aliphatic carbocycles. The highest BCUT2D eigenvalue weighted by Gasteiger charge is 2.59. The highest BCUT2D eigenvalue weighted by molar-refractivity contribution is 8.03. The quantitative estimate of drug-likeness (QED) is 0.880. The first kappa shape index (κ1) is 15.3. The first-order chi connectivity index (χ1) is 10.9. The van der Waals surface area contributed by atoms with Crippen molar-refractivity contribution in [2.75, 3.05) is 0 Å². The summed E-state index contributed by atoms with van der Waals surface area (Å²) in [5.41, 5.74) is 3.26. The van der Waals surface area contributed by atoms with Gasteiger partial charge in [0.05, 0.1) is 17.8 Å². The number of carbonyl (C=O) groups is 1. The van der Waals surface area contributed by atoms with E-state index in [0.29, 0.717) is 11.8 Å². The van der Waals surface area contributed by atoms with Gasteiger partial charge in [-0.15, -0.1) is 11.8 Å². The van der Waals surface area contributed by atoms with Gasteiger partial charge in [-0.05, 0) is 51.7 Å². The van der Waals surface area contributed by atoms with E-state index in [2.05, 4.69) is 13.8 Å². The van der Waals surface area contributed by atoms with Crippen LogP contribution >= 0.6 is 11.8 Å². The number of thioether (sulfide) groups is 1. The molecule has 0 amide bonds. The van der Waals surface area contributed by atoms with Crippen LogP contribution < -0.4 is 0 Å². The molecule has 1 aromatic rings. The van der Waals surface area contributed by atoms with E-state index in [4.69, 9.17) is 0 Å².